The normalized spacial score (nSPS) is 2.00. The van der Waals surface area contributed by atoms with Crippen LogP contribution in [0.2, 0.25) is 0 Å². The summed E-state index contributed by atoms with van der Waals surface area (Å²) < 4.78 is 16.8. The maximum Gasteiger partial charge on any atom is 2.00 e. The van der Waals surface area contributed by atoms with Gasteiger partial charge in [-0.05, 0) is 0 Å². The summed E-state index contributed by atoms with van der Waals surface area (Å²) in [5, 5.41) is 0. The van der Waals surface area contributed by atoms with Gasteiger partial charge in [0.1, 0.15) is 0 Å². The van der Waals surface area contributed by atoms with Crippen LogP contribution in [0, 0.1) is 0 Å². The first-order valence-electron chi connectivity index (χ1n) is 0.408. The Kier molecular flexibility index (Phi) is 19.9. The van der Waals surface area contributed by atoms with E-state index < -0.39 is 9.29 Å². The molecule has 0 heterocycles. The van der Waals surface area contributed by atoms with E-state index in [1.807, 2.05) is 0 Å². The van der Waals surface area contributed by atoms with Crippen molar-refractivity contribution < 1.29 is 11.8 Å². The Morgan fingerprint density at radius 1 is 1.50 bits per heavy atom. The van der Waals surface area contributed by atoms with Gasteiger partial charge >= 0.3 is 54.8 Å². The monoisotopic (exact) mass is 150 g/mol. The second kappa shape index (κ2) is 8.85. The van der Waals surface area contributed by atoms with E-state index in [0.717, 1.165) is 0 Å². The van der Waals surface area contributed by atoms with Crippen LogP contribution in [0.4, 0.5) is 0 Å². The minimum atomic E-state index is -1.42. The summed E-state index contributed by atoms with van der Waals surface area (Å²) >= 11 is 0. The van der Waals surface area contributed by atoms with Crippen LogP contribution in [0.25, 0.3) is 0 Å². The largest absolute Gasteiger partial charge is 2.00 e. The second-order valence-electron chi connectivity index (χ2n) is 0.0833. The van der Waals surface area contributed by atoms with Gasteiger partial charge in [0.2, 0.25) is 0 Å². The quantitative estimate of drug-likeness (QED) is 0.424. The van der Waals surface area contributed by atoms with Crippen LogP contribution in [-0.4, -0.2) is 54.8 Å². The minimum Gasteiger partial charge on any atom is -1.00 e. The first-order chi connectivity index (χ1) is 1.41. The van der Waals surface area contributed by atoms with E-state index in [4.69, 9.17) is 8.92 Å². The average molecular weight is 150 g/mol. The molecule has 4 heteroatoms. The molecule has 0 radical (unpaired) electrons. The fourth-order valence-electron chi connectivity index (χ4n) is 0. The second-order valence-corrected chi connectivity index (χ2v) is 0.250. The van der Waals surface area contributed by atoms with Crippen molar-refractivity contribution >= 4 is 54.8 Å². The molecular weight excluding hydrogens is 148 g/mol. The molecule has 0 unspecified atom stereocenters. The van der Waals surface area contributed by atoms with Crippen molar-refractivity contribution in [1.29, 1.82) is 0 Å². The molecule has 0 aliphatic heterocycles. The Labute approximate surface area is 65.8 Å². The van der Waals surface area contributed by atoms with Crippen LogP contribution in [0.1, 0.15) is 2.85 Å². The summed E-state index contributed by atoms with van der Waals surface area (Å²) in [6, 6.07) is 0. The Morgan fingerprint density at radius 2 is 1.50 bits per heavy atom. The van der Waals surface area contributed by atoms with Crippen molar-refractivity contribution in [3.05, 3.63) is 0 Å². The van der Waals surface area contributed by atoms with E-state index in [2.05, 4.69) is 0 Å². The predicted molar refractivity (Wildman–Crippen MR) is 15.1 cm³/mol. The Hall–Kier alpha value is 1.30. The molecule has 4 heavy (non-hydrogen) atoms. The predicted octanol–water partition coefficient (Wildman–Crippen LogP) is -0.774. The third-order valence-corrected chi connectivity index (χ3v) is 0. The third kappa shape index (κ3) is 10.3. The average Bonchev–Trinajstić information content (AvgIpc) is 0.918. The smallest absolute Gasteiger partial charge is 1.00 e. The SMILES string of the molecule is O=[Si]=O.[H-].[H-].[Sr+2]. The van der Waals surface area contributed by atoms with E-state index in [1.165, 1.54) is 0 Å². The molecule has 0 amide bonds. The fourth-order valence-corrected chi connectivity index (χ4v) is 0. The van der Waals surface area contributed by atoms with Crippen molar-refractivity contribution in [1.82, 2.24) is 0 Å². The molecule has 0 aliphatic carbocycles. The molecule has 20 valence electrons. The molecule has 0 bridgehead atoms. The van der Waals surface area contributed by atoms with E-state index in [1.54, 1.807) is 0 Å². The molecule has 0 aromatic heterocycles. The molecule has 0 aromatic rings. The summed E-state index contributed by atoms with van der Waals surface area (Å²) in [4.78, 5) is 0. The van der Waals surface area contributed by atoms with Crippen molar-refractivity contribution in [2.45, 2.75) is 0 Å². The van der Waals surface area contributed by atoms with Gasteiger partial charge in [0, 0.05) is 0 Å². The molecule has 0 saturated heterocycles. The van der Waals surface area contributed by atoms with E-state index in [9.17, 15) is 0 Å². The summed E-state index contributed by atoms with van der Waals surface area (Å²) in [6.45, 7) is 0. The van der Waals surface area contributed by atoms with Crippen LogP contribution in [0.3, 0.4) is 0 Å². The van der Waals surface area contributed by atoms with Gasteiger partial charge in [0.05, 0.1) is 0 Å². The van der Waals surface area contributed by atoms with E-state index in [0.29, 0.717) is 0 Å². The van der Waals surface area contributed by atoms with Gasteiger partial charge in [0.15, 0.2) is 0 Å². The van der Waals surface area contributed by atoms with Crippen molar-refractivity contribution in [3.8, 4) is 0 Å². The Morgan fingerprint density at radius 3 is 1.50 bits per heavy atom. The molecule has 0 saturated carbocycles. The first-order valence-corrected chi connectivity index (χ1v) is 1.22. The molecule has 0 N–H and O–H groups in total. The zero-order valence-electron chi connectivity index (χ0n) is 4.02. The zero-order chi connectivity index (χ0) is 2.71. The van der Waals surface area contributed by atoms with E-state index in [-0.39, 0.29) is 48.3 Å². The minimum absolute atomic E-state index is 0. The molecule has 0 rings (SSSR count). The molecular formula is H2O2SiSr. The van der Waals surface area contributed by atoms with Gasteiger partial charge < -0.3 is 2.85 Å². The third-order valence-electron chi connectivity index (χ3n) is 0. The molecule has 2 nitrogen and oxygen atoms in total. The fraction of sp³-hybridized carbons (Fsp3) is 0. The number of hydrogen-bond acceptors (Lipinski definition) is 2. The first kappa shape index (κ1) is 9.00. The van der Waals surface area contributed by atoms with E-state index >= 15 is 0 Å². The van der Waals surface area contributed by atoms with Gasteiger partial charge in [-0.15, -0.1) is 0 Å². The Balaban J connectivity index is -0.00000000667. The summed E-state index contributed by atoms with van der Waals surface area (Å²) in [5.41, 5.74) is 0. The van der Waals surface area contributed by atoms with Crippen molar-refractivity contribution in [2.75, 3.05) is 0 Å². The molecule has 0 aliphatic rings. The van der Waals surface area contributed by atoms with Gasteiger partial charge in [-0.25, -0.2) is 0 Å². The summed E-state index contributed by atoms with van der Waals surface area (Å²) in [6.07, 6.45) is 0. The Bertz CT molecular complexity index is 32.5. The zero-order valence-corrected chi connectivity index (χ0v) is 6.50. The molecule has 0 atom stereocenters. The maximum absolute atomic E-state index is 8.40. The van der Waals surface area contributed by atoms with Crippen molar-refractivity contribution in [3.63, 3.8) is 0 Å². The number of hydrogen-bond donors (Lipinski definition) is 0. The van der Waals surface area contributed by atoms with Crippen LogP contribution >= 0.6 is 0 Å². The van der Waals surface area contributed by atoms with Gasteiger partial charge in [-0.1, -0.05) is 0 Å². The molecule has 0 spiro atoms. The van der Waals surface area contributed by atoms with Gasteiger partial charge in [0.25, 0.3) is 0 Å². The van der Waals surface area contributed by atoms with Crippen LogP contribution in [-0.2, 0) is 8.92 Å². The number of rotatable bonds is 0. The summed E-state index contributed by atoms with van der Waals surface area (Å²) in [7, 11) is -1.42. The van der Waals surface area contributed by atoms with Crippen LogP contribution in [0.15, 0.2) is 0 Å². The standard InChI is InChI=1S/O2Si.Sr.2H/c1-3-2;;;/q;+2;2*-1. The molecule has 0 fully saturated rings. The van der Waals surface area contributed by atoms with Crippen molar-refractivity contribution in [2.24, 2.45) is 0 Å². The van der Waals surface area contributed by atoms with Crippen LogP contribution in [0.5, 0.6) is 0 Å². The summed E-state index contributed by atoms with van der Waals surface area (Å²) in [5.74, 6) is 0. The maximum atomic E-state index is 8.40. The molecule has 0 aromatic carbocycles. The van der Waals surface area contributed by atoms with Gasteiger partial charge in [-0.3, -0.25) is 8.92 Å². The topological polar surface area (TPSA) is 34.1 Å². The van der Waals surface area contributed by atoms with Crippen LogP contribution < -0.4 is 0 Å². The van der Waals surface area contributed by atoms with Gasteiger partial charge in [-0.2, -0.15) is 0 Å².